The molecule has 0 radical (unpaired) electrons. The Morgan fingerprint density at radius 2 is 2.08 bits per heavy atom. The number of hydrogen-bond acceptors (Lipinski definition) is 7. The fraction of sp³-hybridized carbons (Fsp3) is 0.200. The van der Waals surface area contributed by atoms with Crippen LogP contribution >= 0.6 is 11.3 Å². The fourth-order valence-electron chi connectivity index (χ4n) is 2.53. The van der Waals surface area contributed by atoms with Crippen LogP contribution in [0, 0.1) is 17.0 Å². The summed E-state index contributed by atoms with van der Waals surface area (Å²) < 4.78 is 0. The standard InChI is InChI=1S/C15H12N4O5S/c1-7-6-16-15(25-7)17-12(20)8(2)18-13(21)9-4-3-5-10(19(23)24)11(9)14(18)22/h3-6,8H,1-2H3,(H,16,17,20). The number of anilines is 1. The number of nitrogens with one attached hydrogen (secondary N) is 1. The largest absolute Gasteiger partial charge is 0.300 e. The van der Waals surface area contributed by atoms with E-state index >= 15 is 0 Å². The topological polar surface area (TPSA) is 123 Å². The van der Waals surface area contributed by atoms with E-state index in [9.17, 15) is 24.5 Å². The van der Waals surface area contributed by atoms with Gasteiger partial charge in [-0.05, 0) is 19.9 Å². The van der Waals surface area contributed by atoms with Crippen molar-refractivity contribution in [3.63, 3.8) is 0 Å². The summed E-state index contributed by atoms with van der Waals surface area (Å²) in [6.45, 7) is 3.20. The third-order valence-electron chi connectivity index (χ3n) is 3.74. The number of nitrogens with zero attached hydrogens (tertiary/aromatic N) is 3. The molecule has 0 saturated heterocycles. The Balaban J connectivity index is 1.89. The molecule has 2 aromatic rings. The van der Waals surface area contributed by atoms with E-state index in [0.717, 1.165) is 15.8 Å². The summed E-state index contributed by atoms with van der Waals surface area (Å²) in [6, 6.07) is 2.67. The highest BCUT2D eigenvalue weighted by Crippen LogP contribution is 2.32. The highest BCUT2D eigenvalue weighted by atomic mass is 32.1. The van der Waals surface area contributed by atoms with Crippen molar-refractivity contribution in [3.05, 3.63) is 50.5 Å². The van der Waals surface area contributed by atoms with Gasteiger partial charge in [-0.3, -0.25) is 29.4 Å². The molecule has 0 bridgehead atoms. The average molecular weight is 360 g/mol. The smallest absolute Gasteiger partial charge is 0.282 e. The molecule has 10 heteroatoms. The minimum Gasteiger partial charge on any atom is -0.300 e. The molecule has 0 saturated carbocycles. The zero-order valence-corrected chi connectivity index (χ0v) is 14.0. The molecule has 1 N–H and O–H groups in total. The number of nitro benzene ring substituents is 1. The summed E-state index contributed by atoms with van der Waals surface area (Å²) in [5, 5.41) is 14.0. The van der Waals surface area contributed by atoms with Crippen molar-refractivity contribution in [1.82, 2.24) is 9.88 Å². The van der Waals surface area contributed by atoms with Crippen LogP contribution in [0.3, 0.4) is 0 Å². The highest BCUT2D eigenvalue weighted by molar-refractivity contribution is 7.15. The van der Waals surface area contributed by atoms with Crippen LogP contribution in [0.4, 0.5) is 10.8 Å². The summed E-state index contributed by atoms with van der Waals surface area (Å²) in [5.41, 5.74) is -0.826. The fourth-order valence-corrected chi connectivity index (χ4v) is 3.20. The molecule has 3 rings (SSSR count). The number of aromatic nitrogens is 1. The maximum Gasteiger partial charge on any atom is 0.282 e. The van der Waals surface area contributed by atoms with E-state index in [-0.39, 0.29) is 11.1 Å². The van der Waals surface area contributed by atoms with E-state index in [1.165, 1.54) is 30.4 Å². The highest BCUT2D eigenvalue weighted by Gasteiger charge is 2.44. The van der Waals surface area contributed by atoms with Crippen LogP contribution in [0.2, 0.25) is 0 Å². The number of benzene rings is 1. The summed E-state index contributed by atoms with van der Waals surface area (Å²) in [7, 11) is 0. The van der Waals surface area contributed by atoms with Crippen molar-refractivity contribution >= 4 is 39.9 Å². The summed E-state index contributed by atoms with van der Waals surface area (Å²) in [4.78, 5) is 53.3. The number of nitro groups is 1. The Hall–Kier alpha value is -3.14. The van der Waals surface area contributed by atoms with Crippen LogP contribution < -0.4 is 5.32 Å². The van der Waals surface area contributed by atoms with Gasteiger partial charge >= 0.3 is 0 Å². The Labute approximate surface area is 145 Å². The monoisotopic (exact) mass is 360 g/mol. The van der Waals surface area contributed by atoms with Crippen molar-refractivity contribution in [3.8, 4) is 0 Å². The molecule has 1 unspecified atom stereocenters. The molecule has 0 aliphatic carbocycles. The van der Waals surface area contributed by atoms with Crippen molar-refractivity contribution < 1.29 is 19.3 Å². The number of carbonyl (C=O) groups excluding carboxylic acids is 3. The first-order chi connectivity index (χ1) is 11.8. The molecule has 3 amide bonds. The predicted molar refractivity (Wildman–Crippen MR) is 88.5 cm³/mol. The molecule has 1 aliphatic rings. The lowest BCUT2D eigenvalue weighted by Gasteiger charge is -2.20. The summed E-state index contributed by atoms with van der Waals surface area (Å²) >= 11 is 1.25. The third kappa shape index (κ3) is 2.76. The van der Waals surface area contributed by atoms with Gasteiger partial charge in [0.05, 0.1) is 10.5 Å². The minimum absolute atomic E-state index is 0.0797. The summed E-state index contributed by atoms with van der Waals surface area (Å²) in [5.74, 6) is -2.20. The van der Waals surface area contributed by atoms with Crippen LogP contribution in [0.25, 0.3) is 0 Å². The Kier molecular flexibility index (Phi) is 4.05. The first-order valence-electron chi connectivity index (χ1n) is 7.20. The molecular weight excluding hydrogens is 348 g/mol. The lowest BCUT2D eigenvalue weighted by molar-refractivity contribution is -0.385. The van der Waals surface area contributed by atoms with Crippen molar-refractivity contribution in [2.45, 2.75) is 19.9 Å². The van der Waals surface area contributed by atoms with Gasteiger partial charge in [0.2, 0.25) is 5.91 Å². The second-order valence-corrected chi connectivity index (χ2v) is 6.61. The second-order valence-electron chi connectivity index (χ2n) is 5.38. The van der Waals surface area contributed by atoms with Gasteiger partial charge in [0, 0.05) is 17.1 Å². The molecule has 2 heterocycles. The molecule has 0 spiro atoms. The number of hydrogen-bond donors (Lipinski definition) is 1. The second kappa shape index (κ2) is 6.06. The first-order valence-corrected chi connectivity index (χ1v) is 8.01. The molecule has 1 aromatic heterocycles. The zero-order chi connectivity index (χ0) is 18.3. The van der Waals surface area contributed by atoms with E-state index in [4.69, 9.17) is 0 Å². The minimum atomic E-state index is -1.14. The molecule has 128 valence electrons. The summed E-state index contributed by atoms with van der Waals surface area (Å²) in [6.07, 6.45) is 1.58. The number of rotatable bonds is 4. The van der Waals surface area contributed by atoms with Gasteiger partial charge < -0.3 is 5.32 Å². The van der Waals surface area contributed by atoms with Crippen LogP contribution in [-0.4, -0.2) is 38.6 Å². The number of amides is 3. The molecule has 1 aromatic carbocycles. The van der Waals surface area contributed by atoms with Crippen molar-refractivity contribution in [2.24, 2.45) is 0 Å². The van der Waals surface area contributed by atoms with Gasteiger partial charge in [-0.1, -0.05) is 6.07 Å². The predicted octanol–water partition coefficient (Wildman–Crippen LogP) is 1.98. The molecule has 25 heavy (non-hydrogen) atoms. The number of aryl methyl sites for hydroxylation is 1. The first kappa shape index (κ1) is 16.7. The molecule has 9 nitrogen and oxygen atoms in total. The Morgan fingerprint density at radius 3 is 2.68 bits per heavy atom. The van der Waals surface area contributed by atoms with Gasteiger partial charge in [0.25, 0.3) is 17.5 Å². The third-order valence-corrected chi connectivity index (χ3v) is 4.57. The molecular formula is C15H12N4O5S. The SMILES string of the molecule is Cc1cnc(NC(=O)C(C)N2C(=O)c3cccc([N+](=O)[O-])c3C2=O)s1. The lowest BCUT2D eigenvalue weighted by atomic mass is 10.1. The van der Waals surface area contributed by atoms with Crippen molar-refractivity contribution in [2.75, 3.05) is 5.32 Å². The van der Waals surface area contributed by atoms with Gasteiger partial charge in [0.1, 0.15) is 11.6 Å². The van der Waals surface area contributed by atoms with E-state index < -0.39 is 34.4 Å². The number of imide groups is 1. The van der Waals surface area contributed by atoms with Crippen LogP contribution in [0.1, 0.15) is 32.5 Å². The Morgan fingerprint density at radius 1 is 1.36 bits per heavy atom. The molecule has 1 aliphatic heterocycles. The molecule has 0 fully saturated rings. The number of thiazole rings is 1. The number of fused-ring (bicyclic) bond motifs is 1. The number of carbonyl (C=O) groups is 3. The maximum absolute atomic E-state index is 12.5. The maximum atomic E-state index is 12.5. The van der Waals surface area contributed by atoms with Gasteiger partial charge in [-0.2, -0.15) is 0 Å². The van der Waals surface area contributed by atoms with E-state index in [1.807, 2.05) is 6.92 Å². The van der Waals surface area contributed by atoms with Crippen LogP contribution in [0.5, 0.6) is 0 Å². The van der Waals surface area contributed by atoms with Gasteiger partial charge in [0.15, 0.2) is 5.13 Å². The van der Waals surface area contributed by atoms with E-state index in [2.05, 4.69) is 10.3 Å². The van der Waals surface area contributed by atoms with Crippen LogP contribution in [-0.2, 0) is 4.79 Å². The van der Waals surface area contributed by atoms with E-state index in [1.54, 1.807) is 6.20 Å². The van der Waals surface area contributed by atoms with Gasteiger partial charge in [-0.25, -0.2) is 4.98 Å². The van der Waals surface area contributed by atoms with Gasteiger partial charge in [-0.15, -0.1) is 11.3 Å². The lowest BCUT2D eigenvalue weighted by Crippen LogP contribution is -2.45. The van der Waals surface area contributed by atoms with Crippen LogP contribution in [0.15, 0.2) is 24.4 Å². The quantitative estimate of drug-likeness (QED) is 0.505. The zero-order valence-electron chi connectivity index (χ0n) is 13.2. The Bertz CT molecular complexity index is 922. The van der Waals surface area contributed by atoms with E-state index in [0.29, 0.717) is 5.13 Å². The average Bonchev–Trinajstić information content (AvgIpc) is 3.08. The molecule has 1 atom stereocenters. The normalized spacial score (nSPS) is 14.4. The van der Waals surface area contributed by atoms with Crippen molar-refractivity contribution in [1.29, 1.82) is 0 Å².